The fourth-order valence-electron chi connectivity index (χ4n) is 4.13. The van der Waals surface area contributed by atoms with E-state index >= 15 is 0 Å². The smallest absolute Gasteiger partial charge is 0.225 e. The Morgan fingerprint density at radius 3 is 2.69 bits per heavy atom. The van der Waals surface area contributed by atoms with Gasteiger partial charge in [-0.2, -0.15) is 5.26 Å². The maximum atomic E-state index is 14.2. The molecule has 1 aromatic carbocycles. The second-order valence-electron chi connectivity index (χ2n) is 8.65. The van der Waals surface area contributed by atoms with Crippen molar-refractivity contribution in [3.05, 3.63) is 46.9 Å². The average molecular weight is 439 g/mol. The molecule has 7 heteroatoms. The summed E-state index contributed by atoms with van der Waals surface area (Å²) in [7, 11) is 1.59. The maximum Gasteiger partial charge on any atom is 0.225 e. The van der Waals surface area contributed by atoms with E-state index in [4.69, 9.17) is 9.72 Å². The van der Waals surface area contributed by atoms with Gasteiger partial charge in [-0.15, -0.1) is 0 Å². The van der Waals surface area contributed by atoms with Crippen LogP contribution in [0, 0.1) is 24.1 Å². The van der Waals surface area contributed by atoms with Gasteiger partial charge in [-0.1, -0.05) is 26.0 Å². The third kappa shape index (κ3) is 4.91. The number of pyridine rings is 1. The fourth-order valence-corrected chi connectivity index (χ4v) is 4.13. The number of nitriles is 1. The van der Waals surface area contributed by atoms with Crippen molar-refractivity contribution in [3.63, 3.8) is 0 Å². The van der Waals surface area contributed by atoms with Crippen LogP contribution in [0.4, 0.5) is 10.2 Å². The lowest BCUT2D eigenvalue weighted by molar-refractivity contribution is -0.134. The number of aromatic nitrogens is 1. The zero-order valence-corrected chi connectivity index (χ0v) is 19.5. The van der Waals surface area contributed by atoms with Crippen molar-refractivity contribution < 1.29 is 13.9 Å². The van der Waals surface area contributed by atoms with E-state index in [1.165, 1.54) is 6.07 Å². The summed E-state index contributed by atoms with van der Waals surface area (Å²) in [4.78, 5) is 21.3. The summed E-state index contributed by atoms with van der Waals surface area (Å²) in [6, 6.07) is 9.22. The number of aryl methyl sites for hydroxylation is 1. The molecule has 2 heterocycles. The molecule has 0 aliphatic carbocycles. The van der Waals surface area contributed by atoms with Gasteiger partial charge in [0.15, 0.2) is 0 Å². The van der Waals surface area contributed by atoms with E-state index in [-0.39, 0.29) is 23.7 Å². The molecule has 0 bridgehead atoms. The molecule has 1 saturated heterocycles. The summed E-state index contributed by atoms with van der Waals surface area (Å²) in [6.07, 6.45) is 0.363. The Labute approximate surface area is 189 Å². The molecule has 0 N–H and O–H groups in total. The van der Waals surface area contributed by atoms with E-state index < -0.39 is 0 Å². The van der Waals surface area contributed by atoms with Gasteiger partial charge in [0.05, 0.1) is 24.3 Å². The van der Waals surface area contributed by atoms with Gasteiger partial charge in [0.2, 0.25) is 5.91 Å². The molecule has 1 aromatic heterocycles. The minimum atomic E-state index is -0.275. The summed E-state index contributed by atoms with van der Waals surface area (Å²) in [5, 5.41) is 9.88. The zero-order valence-electron chi connectivity index (χ0n) is 19.5. The number of methoxy groups -OCH3 is 1. The molecule has 2 aromatic rings. The number of hydrogen-bond donors (Lipinski definition) is 0. The predicted octanol–water partition coefficient (Wildman–Crippen LogP) is 4.26. The molecule has 3 rings (SSSR count). The van der Waals surface area contributed by atoms with Crippen LogP contribution in [-0.4, -0.2) is 55.2 Å². The first-order chi connectivity index (χ1) is 15.3. The molecule has 0 spiro atoms. The molecule has 0 radical (unpaired) electrons. The Kier molecular flexibility index (Phi) is 7.47. The lowest BCUT2D eigenvalue weighted by atomic mass is 9.95. The number of hydrogen-bond acceptors (Lipinski definition) is 5. The van der Waals surface area contributed by atoms with Gasteiger partial charge in [-0.05, 0) is 43.0 Å². The van der Waals surface area contributed by atoms with Gasteiger partial charge in [-0.3, -0.25) is 4.79 Å². The quantitative estimate of drug-likeness (QED) is 0.674. The second kappa shape index (κ2) is 10.1. The largest absolute Gasteiger partial charge is 0.384 e. The molecule has 1 unspecified atom stereocenters. The summed E-state index contributed by atoms with van der Waals surface area (Å²) in [5.41, 5.74) is 3.36. The van der Waals surface area contributed by atoms with Gasteiger partial charge in [0.1, 0.15) is 17.7 Å². The third-order valence-electron chi connectivity index (χ3n) is 5.95. The zero-order chi connectivity index (χ0) is 23.4. The standard InChI is InChI=1S/C25H31FN4O2/c1-16(2)24-21(19-7-6-17(3)22(26)13-19)12-20(14-27)25(28-24)29-9-10-30(18(4)15-29)23(31)8-11-32-5/h6-7,12-13,16,18H,8-11,15H2,1-5H3. The number of rotatable bonds is 6. The SMILES string of the molecule is COCCC(=O)N1CCN(c2nc(C(C)C)c(-c3ccc(C)c(F)c3)cc2C#N)CC1C. The van der Waals surface area contributed by atoms with Crippen LogP contribution in [0.15, 0.2) is 24.3 Å². The fraction of sp³-hybridized carbons (Fsp3) is 0.480. The Bertz CT molecular complexity index is 1030. The highest BCUT2D eigenvalue weighted by atomic mass is 19.1. The topological polar surface area (TPSA) is 69.5 Å². The van der Waals surface area contributed by atoms with Crippen molar-refractivity contribution in [1.29, 1.82) is 5.26 Å². The molecule has 1 amide bonds. The van der Waals surface area contributed by atoms with Crippen molar-refractivity contribution in [2.75, 3.05) is 38.3 Å². The monoisotopic (exact) mass is 438 g/mol. The normalized spacial score (nSPS) is 16.4. The van der Waals surface area contributed by atoms with E-state index in [0.717, 1.165) is 11.3 Å². The Morgan fingerprint density at radius 2 is 2.09 bits per heavy atom. The number of carbonyl (C=O) groups excluding carboxylic acids is 1. The summed E-state index contributed by atoms with van der Waals surface area (Å²) in [6.45, 7) is 9.99. The van der Waals surface area contributed by atoms with E-state index in [1.807, 2.05) is 37.8 Å². The molecule has 1 aliphatic heterocycles. The lowest BCUT2D eigenvalue weighted by Crippen LogP contribution is -2.54. The Morgan fingerprint density at radius 1 is 1.34 bits per heavy atom. The van der Waals surface area contributed by atoms with E-state index in [0.29, 0.717) is 55.2 Å². The number of anilines is 1. The van der Waals surface area contributed by atoms with Crippen molar-refractivity contribution >= 4 is 11.7 Å². The van der Waals surface area contributed by atoms with Crippen molar-refractivity contribution in [2.45, 2.75) is 46.1 Å². The second-order valence-corrected chi connectivity index (χ2v) is 8.65. The van der Waals surface area contributed by atoms with Crippen LogP contribution in [0.1, 0.15) is 49.9 Å². The highest BCUT2D eigenvalue weighted by molar-refractivity contribution is 5.77. The van der Waals surface area contributed by atoms with E-state index in [1.54, 1.807) is 20.1 Å². The number of carbonyl (C=O) groups is 1. The maximum absolute atomic E-state index is 14.2. The molecular weight excluding hydrogens is 407 g/mol. The van der Waals surface area contributed by atoms with Crippen molar-refractivity contribution in [3.8, 4) is 17.2 Å². The van der Waals surface area contributed by atoms with Gasteiger partial charge >= 0.3 is 0 Å². The average Bonchev–Trinajstić information content (AvgIpc) is 2.78. The van der Waals surface area contributed by atoms with Gasteiger partial charge < -0.3 is 14.5 Å². The minimum absolute atomic E-state index is 0.00480. The van der Waals surface area contributed by atoms with Crippen LogP contribution >= 0.6 is 0 Å². The van der Waals surface area contributed by atoms with Crippen LogP contribution < -0.4 is 4.90 Å². The van der Waals surface area contributed by atoms with Gasteiger partial charge in [0, 0.05) is 38.3 Å². The molecule has 0 saturated carbocycles. The highest BCUT2D eigenvalue weighted by Gasteiger charge is 2.30. The van der Waals surface area contributed by atoms with Crippen LogP contribution in [0.3, 0.4) is 0 Å². The van der Waals surface area contributed by atoms with Crippen LogP contribution in [-0.2, 0) is 9.53 Å². The molecule has 1 fully saturated rings. The Hall–Kier alpha value is -2.98. The summed E-state index contributed by atoms with van der Waals surface area (Å²) < 4.78 is 19.3. The number of piperazine rings is 1. The van der Waals surface area contributed by atoms with Gasteiger partial charge in [-0.25, -0.2) is 9.37 Å². The van der Waals surface area contributed by atoms with Crippen LogP contribution in [0.5, 0.6) is 0 Å². The third-order valence-corrected chi connectivity index (χ3v) is 5.95. The van der Waals surface area contributed by atoms with E-state index in [9.17, 15) is 14.4 Å². The number of benzene rings is 1. The number of halogens is 1. The van der Waals surface area contributed by atoms with Crippen molar-refractivity contribution in [2.24, 2.45) is 0 Å². The first-order valence-electron chi connectivity index (χ1n) is 11.0. The molecule has 1 atom stereocenters. The van der Waals surface area contributed by atoms with E-state index in [2.05, 4.69) is 11.0 Å². The first-order valence-corrected chi connectivity index (χ1v) is 11.0. The number of nitrogens with zero attached hydrogens (tertiary/aromatic N) is 4. The molecule has 1 aliphatic rings. The predicted molar refractivity (Wildman–Crippen MR) is 123 cm³/mol. The summed E-state index contributed by atoms with van der Waals surface area (Å²) in [5.74, 6) is 0.522. The molecule has 6 nitrogen and oxygen atoms in total. The van der Waals surface area contributed by atoms with Gasteiger partial charge in [0.25, 0.3) is 0 Å². The molecule has 32 heavy (non-hydrogen) atoms. The van der Waals surface area contributed by atoms with Crippen molar-refractivity contribution in [1.82, 2.24) is 9.88 Å². The Balaban J connectivity index is 1.94. The highest BCUT2D eigenvalue weighted by Crippen LogP contribution is 2.34. The van der Waals surface area contributed by atoms with Crippen LogP contribution in [0.25, 0.3) is 11.1 Å². The summed E-state index contributed by atoms with van der Waals surface area (Å²) >= 11 is 0. The lowest BCUT2D eigenvalue weighted by Gasteiger charge is -2.41. The number of amides is 1. The molecule has 170 valence electrons. The van der Waals surface area contributed by atoms with Crippen LogP contribution in [0.2, 0.25) is 0 Å². The number of ether oxygens (including phenoxy) is 1. The minimum Gasteiger partial charge on any atom is -0.384 e. The first kappa shape index (κ1) is 23.7. The molecular formula is C25H31FN4O2.